The molecule has 4 nitrogen and oxygen atoms in total. The monoisotopic (exact) mass is 368 g/mol. The van der Waals surface area contributed by atoms with Gasteiger partial charge in [-0.15, -0.1) is 11.3 Å². The Morgan fingerprint density at radius 3 is 2.36 bits per heavy atom. The van der Waals surface area contributed by atoms with Gasteiger partial charge in [-0.3, -0.25) is 0 Å². The van der Waals surface area contributed by atoms with E-state index >= 15 is 0 Å². The number of nitrogens with one attached hydrogen (secondary N) is 2. The second-order valence-electron chi connectivity index (χ2n) is 9.94. The third-order valence-corrected chi connectivity index (χ3v) is 7.17. The van der Waals surface area contributed by atoms with Crippen LogP contribution in [0.3, 0.4) is 0 Å². The zero-order valence-corrected chi connectivity index (χ0v) is 17.7. The van der Waals surface area contributed by atoms with Crippen molar-refractivity contribution in [2.75, 3.05) is 39.8 Å². The van der Waals surface area contributed by atoms with Crippen molar-refractivity contribution in [1.29, 1.82) is 0 Å². The van der Waals surface area contributed by atoms with Crippen LogP contribution in [-0.2, 0) is 0 Å². The van der Waals surface area contributed by atoms with E-state index in [1.807, 2.05) is 16.2 Å². The number of thiophene rings is 1. The van der Waals surface area contributed by atoms with Gasteiger partial charge in [-0.25, -0.2) is 0 Å². The van der Waals surface area contributed by atoms with Gasteiger partial charge in [0, 0.05) is 0 Å². The smallest absolute Gasteiger partial charge is 0.172 e. The Kier molecular flexibility index (Phi) is 5.91. The molecule has 25 heavy (non-hydrogen) atoms. The highest BCUT2D eigenvalue weighted by Crippen LogP contribution is 2.20. The molecular weight excluding hydrogens is 328 g/mol. The van der Waals surface area contributed by atoms with Gasteiger partial charge in [0.05, 0.1) is 41.9 Å². The van der Waals surface area contributed by atoms with Crippen molar-refractivity contribution in [3.63, 3.8) is 0 Å². The summed E-state index contributed by atoms with van der Waals surface area (Å²) in [6, 6.07) is 6.03. The van der Waals surface area contributed by atoms with Crippen molar-refractivity contribution in [1.82, 2.24) is 0 Å². The van der Waals surface area contributed by atoms with E-state index in [0.717, 1.165) is 6.04 Å². The van der Waals surface area contributed by atoms with Crippen molar-refractivity contribution in [2.24, 2.45) is 0 Å². The molecule has 0 spiro atoms. The SMILES string of the molecule is C[NH+]1CC[NH+]([C@H](C[NH2+]C2CC(C)(C)[NH2+]C(C)(C)C2)c2cccs2)CC1. The normalized spacial score (nSPS) is 30.9. The summed E-state index contributed by atoms with van der Waals surface area (Å²) in [4.78, 5) is 5.10. The van der Waals surface area contributed by atoms with Gasteiger partial charge in [0.1, 0.15) is 32.7 Å². The average Bonchev–Trinajstić information content (AvgIpc) is 3.00. The van der Waals surface area contributed by atoms with Gasteiger partial charge >= 0.3 is 0 Å². The molecule has 1 aromatic rings. The molecule has 0 unspecified atom stereocenters. The summed E-state index contributed by atoms with van der Waals surface area (Å²) in [5.74, 6) is 0. The third-order valence-electron chi connectivity index (χ3n) is 6.19. The summed E-state index contributed by atoms with van der Waals surface area (Å²) < 4.78 is 0. The minimum absolute atomic E-state index is 0.366. The molecule has 3 rings (SSSR count). The molecule has 5 heteroatoms. The van der Waals surface area contributed by atoms with E-state index in [1.165, 1.54) is 45.6 Å². The molecule has 2 saturated heterocycles. The predicted octanol–water partition coefficient (Wildman–Crippen LogP) is -1.95. The van der Waals surface area contributed by atoms with Crippen molar-refractivity contribution in [3.8, 4) is 0 Å². The van der Waals surface area contributed by atoms with Gasteiger partial charge in [0.15, 0.2) is 6.04 Å². The summed E-state index contributed by atoms with van der Waals surface area (Å²) in [6.45, 7) is 16.2. The van der Waals surface area contributed by atoms with Crippen LogP contribution in [0.2, 0.25) is 0 Å². The van der Waals surface area contributed by atoms with Gasteiger partial charge in [-0.1, -0.05) is 6.07 Å². The topological polar surface area (TPSA) is 42.1 Å². The first-order valence-electron chi connectivity index (χ1n) is 10.1. The standard InChI is InChI=1S/C20H36N4S/c1-19(2)13-16(14-20(3,4)22-19)21-15-17(18-7-6-12-25-18)24-10-8-23(5)9-11-24/h6-7,12,16-17,21-22H,8-11,13-15H2,1-5H3/p+4/t17-/m1/s1. The summed E-state index contributed by atoms with van der Waals surface area (Å²) in [6.07, 6.45) is 2.63. The first-order chi connectivity index (χ1) is 11.7. The van der Waals surface area contributed by atoms with Crippen molar-refractivity contribution in [3.05, 3.63) is 22.4 Å². The summed E-state index contributed by atoms with van der Waals surface area (Å²) in [7, 11) is 2.34. The number of hydrogen-bond donors (Lipinski definition) is 4. The molecule has 0 aromatic carbocycles. The van der Waals surface area contributed by atoms with Crippen LogP contribution in [0, 0.1) is 0 Å². The molecule has 0 radical (unpaired) electrons. The molecule has 2 aliphatic heterocycles. The zero-order valence-electron chi connectivity index (χ0n) is 16.9. The van der Waals surface area contributed by atoms with Crippen LogP contribution in [0.4, 0.5) is 0 Å². The fourth-order valence-corrected chi connectivity index (χ4v) is 6.31. The van der Waals surface area contributed by atoms with Crippen molar-refractivity contribution < 1.29 is 20.4 Å². The highest BCUT2D eigenvalue weighted by Gasteiger charge is 2.44. The van der Waals surface area contributed by atoms with Crippen LogP contribution in [0.5, 0.6) is 0 Å². The van der Waals surface area contributed by atoms with Crippen LogP contribution in [0.1, 0.15) is 51.5 Å². The number of piperidine rings is 1. The number of rotatable bonds is 5. The van der Waals surface area contributed by atoms with E-state index in [9.17, 15) is 0 Å². The first kappa shape index (κ1) is 19.3. The van der Waals surface area contributed by atoms with Gasteiger partial charge in [0.25, 0.3) is 0 Å². The van der Waals surface area contributed by atoms with Crippen LogP contribution in [-0.4, -0.2) is 56.9 Å². The lowest BCUT2D eigenvalue weighted by Crippen LogP contribution is -3.28. The van der Waals surface area contributed by atoms with Crippen LogP contribution in [0.15, 0.2) is 17.5 Å². The molecule has 1 atom stereocenters. The molecule has 2 fully saturated rings. The molecule has 0 aliphatic carbocycles. The fourth-order valence-electron chi connectivity index (χ4n) is 5.41. The highest BCUT2D eigenvalue weighted by molar-refractivity contribution is 7.10. The van der Waals surface area contributed by atoms with Crippen molar-refractivity contribution >= 4 is 11.3 Å². The number of piperazine rings is 1. The molecule has 6 N–H and O–H groups in total. The quantitative estimate of drug-likeness (QED) is 0.467. The minimum Gasteiger partial charge on any atom is -0.338 e. The van der Waals surface area contributed by atoms with E-state index in [4.69, 9.17) is 0 Å². The molecule has 1 aromatic heterocycles. The van der Waals surface area contributed by atoms with Gasteiger partial charge in [-0.05, 0) is 39.1 Å². The number of likely N-dealkylation sites (N-methyl/N-ethyl adjacent to an activating group) is 1. The number of quaternary nitrogens is 4. The van der Waals surface area contributed by atoms with Crippen molar-refractivity contribution in [2.45, 2.75) is 63.7 Å². The van der Waals surface area contributed by atoms with E-state index in [2.05, 4.69) is 62.9 Å². The average molecular weight is 369 g/mol. The van der Waals surface area contributed by atoms with Crippen LogP contribution in [0.25, 0.3) is 0 Å². The van der Waals surface area contributed by atoms with Gasteiger partial charge in [0.2, 0.25) is 0 Å². The van der Waals surface area contributed by atoms with Gasteiger partial charge < -0.3 is 20.4 Å². The number of nitrogens with two attached hydrogens (primary N) is 2. The maximum absolute atomic E-state index is 2.69. The predicted molar refractivity (Wildman–Crippen MR) is 104 cm³/mol. The van der Waals surface area contributed by atoms with E-state index in [1.54, 1.807) is 9.78 Å². The zero-order chi connectivity index (χ0) is 18.1. The Morgan fingerprint density at radius 2 is 1.80 bits per heavy atom. The Morgan fingerprint density at radius 1 is 1.16 bits per heavy atom. The van der Waals surface area contributed by atoms with E-state index in [0.29, 0.717) is 17.1 Å². The van der Waals surface area contributed by atoms with E-state index in [-0.39, 0.29) is 0 Å². The molecule has 0 bridgehead atoms. The Hall–Kier alpha value is -0.460. The number of hydrogen-bond acceptors (Lipinski definition) is 1. The molecule has 2 aliphatic rings. The molecule has 0 amide bonds. The largest absolute Gasteiger partial charge is 0.338 e. The van der Waals surface area contributed by atoms with Crippen LogP contribution < -0.4 is 20.4 Å². The van der Waals surface area contributed by atoms with Gasteiger partial charge in [-0.2, -0.15) is 0 Å². The first-order valence-corrected chi connectivity index (χ1v) is 11.0. The summed E-state index contributed by atoms with van der Waals surface area (Å²) in [5, 5.41) is 7.54. The lowest BCUT2D eigenvalue weighted by atomic mass is 9.79. The maximum atomic E-state index is 2.69. The fraction of sp³-hybridized carbons (Fsp3) is 0.800. The van der Waals surface area contributed by atoms with E-state index < -0.39 is 0 Å². The molecule has 0 saturated carbocycles. The third kappa shape index (κ3) is 5.27. The molecular formula is C20H40N4S+4. The highest BCUT2D eigenvalue weighted by atomic mass is 32.1. The lowest BCUT2D eigenvalue weighted by Gasteiger charge is -2.42. The molecule has 142 valence electrons. The lowest BCUT2D eigenvalue weighted by molar-refractivity contribution is -1.03. The Labute approximate surface area is 158 Å². The second kappa shape index (κ2) is 7.65. The summed E-state index contributed by atoms with van der Waals surface area (Å²) in [5.41, 5.74) is 0.733. The molecule has 3 heterocycles. The van der Waals surface area contributed by atoms with Crippen LogP contribution >= 0.6 is 11.3 Å². The Bertz CT molecular complexity index is 516. The summed E-state index contributed by atoms with van der Waals surface area (Å²) >= 11 is 1.96. The Balaban J connectivity index is 1.65. The maximum Gasteiger partial charge on any atom is 0.172 e. The minimum atomic E-state index is 0.366. The second-order valence-corrected chi connectivity index (χ2v) is 10.9.